The quantitative estimate of drug-likeness (QED) is 0.672. The van der Waals surface area contributed by atoms with Crippen molar-refractivity contribution in [2.45, 2.75) is 52.6 Å². The van der Waals surface area contributed by atoms with E-state index < -0.39 is 0 Å². The van der Waals surface area contributed by atoms with Crippen LogP contribution in [0.5, 0.6) is 0 Å². The molecule has 2 heteroatoms. The lowest BCUT2D eigenvalue weighted by molar-refractivity contribution is 0.00721. The fourth-order valence-electron chi connectivity index (χ4n) is 2.02. The topological polar surface area (TPSA) is 12.5 Å². The van der Waals surface area contributed by atoms with Crippen LogP contribution in [0, 0.1) is 5.92 Å². The van der Waals surface area contributed by atoms with Crippen molar-refractivity contribution in [1.82, 2.24) is 4.90 Å². The van der Waals surface area contributed by atoms with Gasteiger partial charge in [0.05, 0.1) is 6.10 Å². The molecule has 0 spiro atoms. The molecule has 1 rings (SSSR count). The Kier molecular flexibility index (Phi) is 6.26. The summed E-state index contributed by atoms with van der Waals surface area (Å²) in [5.41, 5.74) is 0. The van der Waals surface area contributed by atoms with E-state index in [1.165, 1.54) is 38.9 Å². The van der Waals surface area contributed by atoms with E-state index >= 15 is 0 Å². The lowest BCUT2D eigenvalue weighted by Gasteiger charge is -2.32. The molecule has 2 nitrogen and oxygen atoms in total. The summed E-state index contributed by atoms with van der Waals surface area (Å²) in [6.07, 6.45) is 5.49. The van der Waals surface area contributed by atoms with Gasteiger partial charge in [-0.2, -0.15) is 0 Å². The highest BCUT2D eigenvalue weighted by molar-refractivity contribution is 4.72. The van der Waals surface area contributed by atoms with Gasteiger partial charge in [0, 0.05) is 19.7 Å². The number of ether oxygens (including phenoxy) is 1. The van der Waals surface area contributed by atoms with Gasteiger partial charge < -0.3 is 9.64 Å². The van der Waals surface area contributed by atoms with Crippen LogP contribution in [0.4, 0.5) is 0 Å². The van der Waals surface area contributed by atoms with Gasteiger partial charge in [-0.25, -0.2) is 0 Å². The van der Waals surface area contributed by atoms with Crippen molar-refractivity contribution in [3.8, 4) is 0 Å². The average molecular weight is 213 g/mol. The Bertz CT molecular complexity index is 151. The molecule has 1 heterocycles. The summed E-state index contributed by atoms with van der Waals surface area (Å²) in [5, 5.41) is 0. The zero-order valence-electron chi connectivity index (χ0n) is 10.7. The number of nitrogens with zero attached hydrogens (tertiary/aromatic N) is 1. The first-order chi connectivity index (χ1) is 7.22. The third-order valence-corrected chi connectivity index (χ3v) is 3.11. The van der Waals surface area contributed by atoms with Crippen molar-refractivity contribution in [1.29, 1.82) is 0 Å². The molecule has 0 N–H and O–H groups in total. The van der Waals surface area contributed by atoms with Crippen LogP contribution >= 0.6 is 0 Å². The van der Waals surface area contributed by atoms with Crippen molar-refractivity contribution in [2.24, 2.45) is 5.92 Å². The summed E-state index contributed by atoms with van der Waals surface area (Å²) in [7, 11) is 0. The maximum absolute atomic E-state index is 5.78. The Morgan fingerprint density at radius 2 is 1.93 bits per heavy atom. The maximum atomic E-state index is 5.78. The number of hydrogen-bond acceptors (Lipinski definition) is 2. The summed E-state index contributed by atoms with van der Waals surface area (Å²) >= 11 is 0. The van der Waals surface area contributed by atoms with Crippen LogP contribution in [-0.4, -0.2) is 37.2 Å². The molecule has 90 valence electrons. The van der Waals surface area contributed by atoms with Gasteiger partial charge >= 0.3 is 0 Å². The minimum atomic E-state index is 0.542. The largest absolute Gasteiger partial charge is 0.378 e. The summed E-state index contributed by atoms with van der Waals surface area (Å²) in [5.74, 6) is 0.832. The monoisotopic (exact) mass is 213 g/mol. The van der Waals surface area contributed by atoms with Crippen molar-refractivity contribution >= 4 is 0 Å². The van der Waals surface area contributed by atoms with Crippen LogP contribution < -0.4 is 0 Å². The van der Waals surface area contributed by atoms with Crippen LogP contribution in [0.1, 0.15) is 46.5 Å². The molecule has 1 fully saturated rings. The van der Waals surface area contributed by atoms with Gasteiger partial charge in [0.25, 0.3) is 0 Å². The lowest BCUT2D eigenvalue weighted by Crippen LogP contribution is -2.37. The molecule has 0 aromatic heterocycles. The molecule has 0 saturated carbocycles. The van der Waals surface area contributed by atoms with Gasteiger partial charge in [0.2, 0.25) is 0 Å². The van der Waals surface area contributed by atoms with Gasteiger partial charge in [-0.05, 0) is 38.1 Å². The third kappa shape index (κ3) is 5.53. The molecule has 0 radical (unpaired) electrons. The van der Waals surface area contributed by atoms with E-state index in [9.17, 15) is 0 Å². The average Bonchev–Trinajstić information content (AvgIpc) is 2.25. The molecule has 0 aromatic carbocycles. The Labute approximate surface area is 95.0 Å². The highest BCUT2D eigenvalue weighted by atomic mass is 16.5. The molecule has 0 unspecified atom stereocenters. The standard InChI is InChI=1S/C13H27NO/c1-4-11-15-13-6-9-14(10-7-13)8-5-12(2)3/h12-13H,4-11H2,1-3H3. The molecule has 0 amide bonds. The Morgan fingerprint density at radius 3 is 2.47 bits per heavy atom. The van der Waals surface area contributed by atoms with Crippen LogP contribution in [0.15, 0.2) is 0 Å². The first kappa shape index (κ1) is 13.0. The molecule has 1 aliphatic rings. The minimum Gasteiger partial charge on any atom is -0.378 e. The Balaban J connectivity index is 2.07. The predicted molar refractivity (Wildman–Crippen MR) is 65.2 cm³/mol. The molecule has 0 aromatic rings. The van der Waals surface area contributed by atoms with Gasteiger partial charge in [0.15, 0.2) is 0 Å². The molecule has 1 saturated heterocycles. The van der Waals surface area contributed by atoms with Crippen molar-refractivity contribution in [3.63, 3.8) is 0 Å². The molecule has 0 bridgehead atoms. The van der Waals surface area contributed by atoms with E-state index in [0.717, 1.165) is 18.9 Å². The second kappa shape index (κ2) is 7.24. The summed E-state index contributed by atoms with van der Waals surface area (Å²) in [6, 6.07) is 0. The van der Waals surface area contributed by atoms with Crippen LogP contribution in [0.3, 0.4) is 0 Å². The van der Waals surface area contributed by atoms with Gasteiger partial charge in [-0.15, -0.1) is 0 Å². The lowest BCUT2D eigenvalue weighted by atomic mass is 10.1. The van der Waals surface area contributed by atoms with Crippen molar-refractivity contribution in [2.75, 3.05) is 26.2 Å². The van der Waals surface area contributed by atoms with E-state index in [-0.39, 0.29) is 0 Å². The second-order valence-electron chi connectivity index (χ2n) is 5.09. The third-order valence-electron chi connectivity index (χ3n) is 3.11. The Morgan fingerprint density at radius 1 is 1.27 bits per heavy atom. The van der Waals surface area contributed by atoms with E-state index in [4.69, 9.17) is 4.74 Å². The number of likely N-dealkylation sites (tertiary alicyclic amines) is 1. The second-order valence-corrected chi connectivity index (χ2v) is 5.09. The number of rotatable bonds is 6. The van der Waals surface area contributed by atoms with Gasteiger partial charge in [0.1, 0.15) is 0 Å². The van der Waals surface area contributed by atoms with E-state index in [1.54, 1.807) is 0 Å². The highest BCUT2D eigenvalue weighted by Gasteiger charge is 2.18. The van der Waals surface area contributed by atoms with Crippen LogP contribution in [-0.2, 0) is 4.74 Å². The predicted octanol–water partition coefficient (Wildman–Crippen LogP) is 2.92. The van der Waals surface area contributed by atoms with E-state index in [2.05, 4.69) is 25.7 Å². The highest BCUT2D eigenvalue weighted by Crippen LogP contribution is 2.15. The van der Waals surface area contributed by atoms with Crippen molar-refractivity contribution in [3.05, 3.63) is 0 Å². The summed E-state index contributed by atoms with van der Waals surface area (Å²) in [6.45, 7) is 11.5. The first-order valence-corrected chi connectivity index (χ1v) is 6.56. The smallest absolute Gasteiger partial charge is 0.0599 e. The fourth-order valence-corrected chi connectivity index (χ4v) is 2.02. The Hall–Kier alpha value is -0.0800. The van der Waals surface area contributed by atoms with E-state index in [1.807, 2.05) is 0 Å². The first-order valence-electron chi connectivity index (χ1n) is 6.56. The fraction of sp³-hybridized carbons (Fsp3) is 1.00. The zero-order valence-corrected chi connectivity index (χ0v) is 10.7. The normalized spacial score (nSPS) is 20.0. The zero-order chi connectivity index (χ0) is 11.1. The molecular weight excluding hydrogens is 186 g/mol. The molecule has 0 aliphatic carbocycles. The van der Waals surface area contributed by atoms with Gasteiger partial charge in [-0.3, -0.25) is 0 Å². The molecule has 15 heavy (non-hydrogen) atoms. The number of hydrogen-bond donors (Lipinski definition) is 0. The van der Waals surface area contributed by atoms with E-state index in [0.29, 0.717) is 6.10 Å². The van der Waals surface area contributed by atoms with Crippen LogP contribution in [0.25, 0.3) is 0 Å². The SMILES string of the molecule is CCCOC1CCN(CCC(C)C)CC1. The summed E-state index contributed by atoms with van der Waals surface area (Å²) < 4.78 is 5.78. The van der Waals surface area contributed by atoms with Gasteiger partial charge in [-0.1, -0.05) is 20.8 Å². The molecule has 0 atom stereocenters. The summed E-state index contributed by atoms with van der Waals surface area (Å²) in [4.78, 5) is 2.59. The number of piperidine rings is 1. The molecule has 1 aliphatic heterocycles. The minimum absolute atomic E-state index is 0.542. The van der Waals surface area contributed by atoms with Crippen LogP contribution in [0.2, 0.25) is 0 Å². The maximum Gasteiger partial charge on any atom is 0.0599 e. The van der Waals surface area contributed by atoms with Crippen molar-refractivity contribution < 1.29 is 4.74 Å². The molecular formula is C13H27NO.